The predicted molar refractivity (Wildman–Crippen MR) is 110 cm³/mol. The van der Waals surface area contributed by atoms with Gasteiger partial charge in [0, 0.05) is 37.8 Å². The van der Waals surface area contributed by atoms with Crippen molar-refractivity contribution in [1.29, 1.82) is 0 Å². The SMILES string of the molecule is CC(C)N(C)S(=O)(=O)c1ccc(C(=O)Nc2cc(Cl)ccc2N(C)C)cc1. The Morgan fingerprint density at radius 3 is 2.15 bits per heavy atom. The fraction of sp³-hybridized carbons (Fsp3) is 0.316. The Kier molecular flexibility index (Phi) is 6.51. The van der Waals surface area contributed by atoms with Crippen LogP contribution < -0.4 is 10.2 Å². The van der Waals surface area contributed by atoms with E-state index < -0.39 is 10.0 Å². The van der Waals surface area contributed by atoms with Gasteiger partial charge in [-0.3, -0.25) is 4.79 Å². The number of carbonyl (C=O) groups excluding carboxylic acids is 1. The lowest BCUT2D eigenvalue weighted by Gasteiger charge is -2.21. The van der Waals surface area contributed by atoms with Gasteiger partial charge in [0.2, 0.25) is 10.0 Å². The fourth-order valence-corrected chi connectivity index (χ4v) is 3.95. The first-order valence-electron chi connectivity index (χ1n) is 8.40. The smallest absolute Gasteiger partial charge is 0.255 e. The quantitative estimate of drug-likeness (QED) is 0.789. The molecule has 2 rings (SSSR count). The van der Waals surface area contributed by atoms with E-state index >= 15 is 0 Å². The van der Waals surface area contributed by atoms with Crippen LogP contribution in [0.15, 0.2) is 47.4 Å². The van der Waals surface area contributed by atoms with Crippen LogP contribution in [0, 0.1) is 0 Å². The summed E-state index contributed by atoms with van der Waals surface area (Å²) in [4.78, 5) is 14.6. The van der Waals surface area contributed by atoms with Crippen LogP contribution in [-0.4, -0.2) is 45.8 Å². The summed E-state index contributed by atoms with van der Waals surface area (Å²) in [6.45, 7) is 3.60. The highest BCUT2D eigenvalue weighted by Crippen LogP contribution is 2.28. The number of nitrogens with one attached hydrogen (secondary N) is 1. The van der Waals surface area contributed by atoms with Crippen molar-refractivity contribution in [3.05, 3.63) is 53.1 Å². The standard InChI is InChI=1S/C19H24ClN3O3S/c1-13(2)23(5)27(25,26)16-9-6-14(7-10-16)19(24)21-17-12-15(20)8-11-18(17)22(3)4/h6-13H,1-5H3,(H,21,24). The second-order valence-electron chi connectivity index (χ2n) is 6.65. The van der Waals surface area contributed by atoms with Crippen LogP contribution >= 0.6 is 11.6 Å². The van der Waals surface area contributed by atoms with Gasteiger partial charge in [0.1, 0.15) is 0 Å². The number of sulfonamides is 1. The summed E-state index contributed by atoms with van der Waals surface area (Å²) < 4.78 is 26.3. The predicted octanol–water partition coefficient (Wildman–Crippen LogP) is 3.69. The van der Waals surface area contributed by atoms with Crippen molar-refractivity contribution in [2.24, 2.45) is 0 Å². The van der Waals surface area contributed by atoms with Gasteiger partial charge in [-0.2, -0.15) is 4.31 Å². The summed E-state index contributed by atoms with van der Waals surface area (Å²) in [5, 5.41) is 3.33. The van der Waals surface area contributed by atoms with Crippen LogP contribution in [0.5, 0.6) is 0 Å². The van der Waals surface area contributed by atoms with E-state index in [2.05, 4.69) is 5.32 Å². The monoisotopic (exact) mass is 409 g/mol. The molecule has 0 bridgehead atoms. The van der Waals surface area contributed by atoms with E-state index in [-0.39, 0.29) is 16.8 Å². The van der Waals surface area contributed by atoms with Crippen molar-refractivity contribution in [3.8, 4) is 0 Å². The molecule has 0 atom stereocenters. The lowest BCUT2D eigenvalue weighted by atomic mass is 10.2. The number of halogens is 1. The second kappa shape index (κ2) is 8.29. The first kappa shape index (κ1) is 21.2. The molecule has 0 saturated carbocycles. The Hall–Kier alpha value is -2.09. The number of hydrogen-bond donors (Lipinski definition) is 1. The van der Waals surface area contributed by atoms with E-state index in [9.17, 15) is 13.2 Å². The van der Waals surface area contributed by atoms with E-state index in [1.165, 1.54) is 35.6 Å². The molecule has 0 aliphatic carbocycles. The normalized spacial score (nSPS) is 11.7. The molecule has 0 heterocycles. The van der Waals surface area contributed by atoms with Gasteiger partial charge in [-0.15, -0.1) is 0 Å². The minimum absolute atomic E-state index is 0.145. The molecular weight excluding hydrogens is 386 g/mol. The molecule has 0 saturated heterocycles. The molecule has 2 aromatic carbocycles. The Labute approximate surface area is 165 Å². The van der Waals surface area contributed by atoms with Crippen molar-refractivity contribution >= 4 is 38.9 Å². The fourth-order valence-electron chi connectivity index (χ4n) is 2.41. The average molecular weight is 410 g/mol. The van der Waals surface area contributed by atoms with Gasteiger partial charge < -0.3 is 10.2 Å². The summed E-state index contributed by atoms with van der Waals surface area (Å²) in [6.07, 6.45) is 0. The van der Waals surface area contributed by atoms with E-state index in [1.807, 2.05) is 25.1 Å². The molecule has 0 spiro atoms. The molecule has 0 unspecified atom stereocenters. The zero-order valence-corrected chi connectivity index (χ0v) is 17.6. The number of hydrogen-bond acceptors (Lipinski definition) is 4. The van der Waals surface area contributed by atoms with Gasteiger partial charge in [-0.05, 0) is 56.3 Å². The molecule has 6 nitrogen and oxygen atoms in total. The molecule has 1 N–H and O–H groups in total. The summed E-state index contributed by atoms with van der Waals surface area (Å²) in [5.41, 5.74) is 1.74. The van der Waals surface area contributed by atoms with E-state index in [0.717, 1.165) is 5.69 Å². The molecular formula is C19H24ClN3O3S. The van der Waals surface area contributed by atoms with Crippen LogP contribution in [0.1, 0.15) is 24.2 Å². The van der Waals surface area contributed by atoms with Crippen molar-refractivity contribution in [2.45, 2.75) is 24.8 Å². The van der Waals surface area contributed by atoms with Gasteiger partial charge in [0.25, 0.3) is 5.91 Å². The number of anilines is 2. The number of nitrogens with zero attached hydrogens (tertiary/aromatic N) is 2. The zero-order valence-electron chi connectivity index (χ0n) is 16.0. The summed E-state index contributed by atoms with van der Waals surface area (Å²) in [6, 6.07) is 10.9. The third kappa shape index (κ3) is 4.80. The molecule has 0 fully saturated rings. The Balaban J connectivity index is 2.26. The third-order valence-electron chi connectivity index (χ3n) is 4.21. The highest BCUT2D eigenvalue weighted by molar-refractivity contribution is 7.89. The first-order valence-corrected chi connectivity index (χ1v) is 10.2. The Morgan fingerprint density at radius 1 is 1.04 bits per heavy atom. The molecule has 146 valence electrons. The van der Waals surface area contributed by atoms with Crippen LogP contribution in [0.4, 0.5) is 11.4 Å². The summed E-state index contributed by atoms with van der Waals surface area (Å²) >= 11 is 6.04. The third-order valence-corrected chi connectivity index (χ3v) is 6.49. The van der Waals surface area contributed by atoms with Crippen LogP contribution in [0.2, 0.25) is 5.02 Å². The first-order chi connectivity index (χ1) is 12.5. The Morgan fingerprint density at radius 2 is 1.63 bits per heavy atom. The number of rotatable bonds is 6. The number of amides is 1. The maximum absolute atomic E-state index is 12.6. The lowest BCUT2D eigenvalue weighted by molar-refractivity contribution is 0.102. The van der Waals surface area contributed by atoms with Crippen molar-refractivity contribution in [1.82, 2.24) is 4.31 Å². The van der Waals surface area contributed by atoms with Gasteiger partial charge in [0.05, 0.1) is 16.3 Å². The molecule has 2 aromatic rings. The summed E-state index contributed by atoms with van der Waals surface area (Å²) in [5.74, 6) is -0.346. The van der Waals surface area contributed by atoms with Gasteiger partial charge in [-0.1, -0.05) is 11.6 Å². The molecule has 0 aromatic heterocycles. The van der Waals surface area contributed by atoms with E-state index in [4.69, 9.17) is 11.6 Å². The van der Waals surface area contributed by atoms with Crippen LogP contribution in [0.3, 0.4) is 0 Å². The van der Waals surface area contributed by atoms with Crippen LogP contribution in [0.25, 0.3) is 0 Å². The van der Waals surface area contributed by atoms with E-state index in [0.29, 0.717) is 16.3 Å². The van der Waals surface area contributed by atoms with E-state index in [1.54, 1.807) is 26.0 Å². The largest absolute Gasteiger partial charge is 0.376 e. The second-order valence-corrected chi connectivity index (χ2v) is 9.08. The molecule has 0 aliphatic rings. The zero-order chi connectivity index (χ0) is 20.4. The minimum Gasteiger partial charge on any atom is -0.376 e. The molecule has 1 amide bonds. The lowest BCUT2D eigenvalue weighted by Crippen LogP contribution is -2.33. The molecule has 27 heavy (non-hydrogen) atoms. The summed E-state index contributed by atoms with van der Waals surface area (Å²) in [7, 11) is 1.67. The molecule has 0 radical (unpaired) electrons. The topological polar surface area (TPSA) is 69.7 Å². The minimum atomic E-state index is -3.59. The van der Waals surface area contributed by atoms with Crippen molar-refractivity contribution in [3.63, 3.8) is 0 Å². The number of carbonyl (C=O) groups is 1. The van der Waals surface area contributed by atoms with Gasteiger partial charge in [-0.25, -0.2) is 8.42 Å². The average Bonchev–Trinajstić information content (AvgIpc) is 2.60. The highest BCUT2D eigenvalue weighted by atomic mass is 35.5. The van der Waals surface area contributed by atoms with Gasteiger partial charge in [0.15, 0.2) is 0 Å². The van der Waals surface area contributed by atoms with Crippen molar-refractivity contribution in [2.75, 3.05) is 31.4 Å². The van der Waals surface area contributed by atoms with Gasteiger partial charge >= 0.3 is 0 Å². The molecule has 8 heteroatoms. The van der Waals surface area contributed by atoms with Crippen molar-refractivity contribution < 1.29 is 13.2 Å². The highest BCUT2D eigenvalue weighted by Gasteiger charge is 2.23. The maximum Gasteiger partial charge on any atom is 0.255 e. The number of benzene rings is 2. The maximum atomic E-state index is 12.6. The molecule has 0 aliphatic heterocycles. The Bertz CT molecular complexity index is 926. The van der Waals surface area contributed by atoms with Crippen LogP contribution in [-0.2, 0) is 10.0 Å².